The SMILES string of the molecule is CC.CC(C)C.CC(C)CC(C)C(=O)N1CCCC1C(C)CNC(=O)c1ccc(-c2ccc(-c3cnc[nH]3)cc2)cc1.COC(=O)NC(S)C(=O)N(CCCS)C(C)C.COC(N)=O.CS. The van der Waals surface area contributed by atoms with E-state index in [9.17, 15) is 24.0 Å². The minimum Gasteiger partial charge on any atom is -0.453 e. The molecule has 14 nitrogen and oxygen atoms in total. The molecule has 2 heterocycles. The number of alkyl carbamates (subject to hydrolysis) is 1. The number of H-pyrrole nitrogens is 1. The predicted octanol–water partition coefficient (Wildman–Crippen LogP) is 9.88. The van der Waals surface area contributed by atoms with Crippen LogP contribution in [-0.2, 0) is 19.1 Å². The quantitative estimate of drug-likeness (QED) is 0.0579. The molecule has 3 aromatic rings. The highest BCUT2D eigenvalue weighted by atomic mass is 32.1. The summed E-state index contributed by atoms with van der Waals surface area (Å²) in [6.45, 7) is 24.8. The van der Waals surface area contributed by atoms with Crippen molar-refractivity contribution in [2.75, 3.05) is 45.9 Å². The zero-order valence-corrected chi connectivity index (χ0v) is 44.8. The molecule has 4 rings (SSSR count). The zero-order chi connectivity index (χ0) is 50.9. The van der Waals surface area contributed by atoms with Crippen molar-refractivity contribution in [1.82, 2.24) is 30.4 Å². The van der Waals surface area contributed by atoms with Crippen LogP contribution in [0.1, 0.15) is 112 Å². The molecule has 5 amide bonds. The number of hydrogen-bond acceptors (Lipinski definition) is 11. The number of imidazole rings is 1. The number of thiol groups is 3. The Morgan fingerprint density at radius 3 is 1.83 bits per heavy atom. The number of amides is 5. The minimum atomic E-state index is -0.884. The molecule has 0 aliphatic carbocycles. The molecular weight excluding hydrogens is 895 g/mol. The highest BCUT2D eigenvalue weighted by Crippen LogP contribution is 2.28. The maximum atomic E-state index is 13.0. The Hall–Kier alpha value is -4.35. The molecule has 4 unspecified atom stereocenters. The van der Waals surface area contributed by atoms with Gasteiger partial charge in [0.15, 0.2) is 5.37 Å². The molecule has 1 aromatic heterocycles. The van der Waals surface area contributed by atoms with E-state index < -0.39 is 17.6 Å². The lowest BCUT2D eigenvalue weighted by atomic mass is 9.95. The van der Waals surface area contributed by atoms with Crippen LogP contribution in [0.5, 0.6) is 0 Å². The van der Waals surface area contributed by atoms with Gasteiger partial charge in [-0.1, -0.05) is 98.7 Å². The standard InChI is InChI=1S/C30H38N4O2.C10H20N2O3S2.C4H10.C2H5NO2.C2H6.CH4S/c1-20(2)16-21(3)30(36)34-15-5-6-28(34)22(4)17-32-29(35)26-13-9-24(10-14-26)23-7-11-25(12-8-23)27-18-31-19-33-27;1-7(2)12(5-4-6-16)9(13)8(17)11-10(14)15-3;1-4(2)3;1-5-2(3)4;2*1-2/h7-14,18-22,28H,5-6,15-17H2,1-4H3,(H,31,33)(H,32,35);7-8,16-17H,4-6H2,1-3H3,(H,11,14);4H,1-3H3;1H3,(H2,3,4);1-2H3;2H,1H3. The maximum absolute atomic E-state index is 13.0. The van der Waals surface area contributed by atoms with E-state index >= 15 is 0 Å². The van der Waals surface area contributed by atoms with Gasteiger partial charge in [0.05, 0.1) is 32.4 Å². The van der Waals surface area contributed by atoms with E-state index in [1.54, 1.807) is 23.7 Å². The summed E-state index contributed by atoms with van der Waals surface area (Å²) in [5.74, 6) is 2.25. The number of hydrogen-bond donors (Lipinski definition) is 7. The lowest BCUT2D eigenvalue weighted by Gasteiger charge is -2.32. The Labute approximate surface area is 413 Å². The topological polar surface area (TPSA) is 189 Å². The Balaban J connectivity index is 0. The summed E-state index contributed by atoms with van der Waals surface area (Å²) in [5.41, 5.74) is 9.30. The van der Waals surface area contributed by atoms with E-state index in [4.69, 9.17) is 0 Å². The normalized spacial score (nSPS) is 13.8. The summed E-state index contributed by atoms with van der Waals surface area (Å²) in [6.07, 6.45) is 7.51. The first-order valence-electron chi connectivity index (χ1n) is 22.8. The van der Waals surface area contributed by atoms with Gasteiger partial charge in [0, 0.05) is 43.2 Å². The number of benzene rings is 2. The third-order valence-electron chi connectivity index (χ3n) is 9.58. The monoisotopic (exact) mass is 978 g/mol. The first-order chi connectivity index (χ1) is 31.3. The van der Waals surface area contributed by atoms with Gasteiger partial charge in [-0.2, -0.15) is 25.3 Å². The number of primary amides is 1. The van der Waals surface area contributed by atoms with Crippen LogP contribution in [0.15, 0.2) is 61.1 Å². The number of rotatable bonds is 15. The van der Waals surface area contributed by atoms with Gasteiger partial charge in [-0.15, -0.1) is 12.6 Å². The average Bonchev–Trinajstić information content (AvgIpc) is 4.03. The second-order valence-corrected chi connectivity index (χ2v) is 17.5. The van der Waals surface area contributed by atoms with Gasteiger partial charge >= 0.3 is 12.2 Å². The number of nitrogens with zero attached hydrogens (tertiary/aromatic N) is 3. The molecule has 17 heteroatoms. The highest BCUT2D eigenvalue weighted by molar-refractivity contribution is 7.81. The van der Waals surface area contributed by atoms with Crippen molar-refractivity contribution in [1.29, 1.82) is 0 Å². The second-order valence-electron chi connectivity index (χ2n) is 16.6. The number of carbonyl (C=O) groups is 5. The number of nitrogens with one attached hydrogen (secondary N) is 3. The Kier molecular flexibility index (Phi) is 35.5. The first kappa shape index (κ1) is 63.7. The highest BCUT2D eigenvalue weighted by Gasteiger charge is 2.35. The van der Waals surface area contributed by atoms with Crippen LogP contribution < -0.4 is 16.4 Å². The van der Waals surface area contributed by atoms with Crippen molar-refractivity contribution in [2.45, 2.75) is 119 Å². The Bertz CT molecular complexity index is 1760. The lowest BCUT2D eigenvalue weighted by Crippen LogP contribution is -2.48. The molecule has 374 valence electrons. The molecule has 0 bridgehead atoms. The maximum Gasteiger partial charge on any atom is 0.408 e. The van der Waals surface area contributed by atoms with Crippen molar-refractivity contribution in [3.8, 4) is 22.4 Å². The fourth-order valence-corrected chi connectivity index (χ4v) is 6.96. The van der Waals surface area contributed by atoms with Crippen LogP contribution in [0.25, 0.3) is 22.4 Å². The second kappa shape index (κ2) is 36.7. The Morgan fingerprint density at radius 2 is 1.39 bits per heavy atom. The third-order valence-corrected chi connectivity index (χ3v) is 10.2. The van der Waals surface area contributed by atoms with Crippen LogP contribution in [0.2, 0.25) is 0 Å². The molecule has 1 aliphatic rings. The third kappa shape index (κ3) is 25.5. The molecule has 2 aromatic carbocycles. The summed E-state index contributed by atoms with van der Waals surface area (Å²) < 4.78 is 8.30. The van der Waals surface area contributed by atoms with Crippen molar-refractivity contribution in [3.05, 3.63) is 66.6 Å². The number of aromatic amines is 1. The first-order valence-corrected chi connectivity index (χ1v) is 24.8. The molecule has 1 saturated heterocycles. The van der Waals surface area contributed by atoms with Crippen molar-refractivity contribution in [3.63, 3.8) is 0 Å². The number of carbonyl (C=O) groups excluding carboxylic acids is 5. The smallest absolute Gasteiger partial charge is 0.408 e. The number of nitrogens with two attached hydrogens (primary N) is 1. The van der Waals surface area contributed by atoms with Gasteiger partial charge in [-0.05, 0) is 98.1 Å². The predicted molar refractivity (Wildman–Crippen MR) is 281 cm³/mol. The van der Waals surface area contributed by atoms with Gasteiger partial charge in [0.2, 0.25) is 5.91 Å². The number of aromatic nitrogens is 2. The molecule has 1 fully saturated rings. The van der Waals surface area contributed by atoms with Crippen LogP contribution in [0, 0.1) is 23.7 Å². The summed E-state index contributed by atoms with van der Waals surface area (Å²) in [4.78, 5) is 69.1. The van der Waals surface area contributed by atoms with E-state index in [0.717, 1.165) is 60.5 Å². The van der Waals surface area contributed by atoms with Gasteiger partial charge < -0.3 is 40.6 Å². The van der Waals surface area contributed by atoms with Crippen molar-refractivity contribution in [2.24, 2.45) is 29.4 Å². The van der Waals surface area contributed by atoms with E-state index in [0.29, 0.717) is 30.3 Å². The fourth-order valence-electron chi connectivity index (χ4n) is 6.56. The van der Waals surface area contributed by atoms with Crippen LogP contribution in [-0.4, -0.2) is 113 Å². The molecule has 1 aliphatic heterocycles. The summed E-state index contributed by atoms with van der Waals surface area (Å²) in [5, 5.41) is 4.54. The molecule has 4 atom stereocenters. The fraction of sp³-hybridized carbons (Fsp3) is 0.592. The lowest BCUT2D eigenvalue weighted by molar-refractivity contribution is -0.137. The molecule has 0 spiro atoms. The molecule has 5 N–H and O–H groups in total. The van der Waals surface area contributed by atoms with Crippen LogP contribution in [0.3, 0.4) is 0 Å². The molecular formula is C49H83N7O7S3. The number of likely N-dealkylation sites (tertiary alicyclic amines) is 1. The van der Waals surface area contributed by atoms with Crippen LogP contribution in [0.4, 0.5) is 9.59 Å². The zero-order valence-electron chi connectivity index (χ0n) is 42.1. The molecule has 0 saturated carbocycles. The van der Waals surface area contributed by atoms with Crippen molar-refractivity contribution < 1.29 is 33.4 Å². The molecule has 0 radical (unpaired) electrons. The number of ether oxygens (including phenoxy) is 2. The Morgan fingerprint density at radius 1 is 0.879 bits per heavy atom. The minimum absolute atomic E-state index is 0.0487. The average molecular weight is 978 g/mol. The summed E-state index contributed by atoms with van der Waals surface area (Å²) in [6, 6.07) is 16.2. The largest absolute Gasteiger partial charge is 0.453 e. The van der Waals surface area contributed by atoms with Gasteiger partial charge in [0.1, 0.15) is 0 Å². The van der Waals surface area contributed by atoms with Gasteiger partial charge in [0.25, 0.3) is 11.8 Å². The van der Waals surface area contributed by atoms with Crippen molar-refractivity contribution >= 4 is 67.8 Å². The van der Waals surface area contributed by atoms with Gasteiger partial charge in [-0.25, -0.2) is 14.6 Å². The van der Waals surface area contributed by atoms with E-state index in [1.807, 2.05) is 58.9 Å². The van der Waals surface area contributed by atoms with Crippen LogP contribution >= 0.6 is 37.9 Å². The summed E-state index contributed by atoms with van der Waals surface area (Å²) in [7, 11) is 2.46. The summed E-state index contributed by atoms with van der Waals surface area (Å²) >= 11 is 11.7. The van der Waals surface area contributed by atoms with E-state index in [-0.39, 0.29) is 41.6 Å². The molecule has 66 heavy (non-hydrogen) atoms. The van der Waals surface area contributed by atoms with Gasteiger partial charge in [-0.3, -0.25) is 14.4 Å². The van der Waals surface area contributed by atoms with E-state index in [1.165, 1.54) is 14.2 Å². The number of methoxy groups -OCH3 is 2. The van der Waals surface area contributed by atoms with E-state index in [2.05, 4.69) is 144 Å².